The van der Waals surface area contributed by atoms with Crippen LogP contribution in [-0.4, -0.2) is 26.2 Å². The van der Waals surface area contributed by atoms with Gasteiger partial charge in [0.05, 0.1) is 5.41 Å². The lowest BCUT2D eigenvalue weighted by Gasteiger charge is -2.24. The maximum absolute atomic E-state index is 12.5. The lowest BCUT2D eigenvalue weighted by molar-refractivity contribution is -0.165. The first-order valence-corrected chi connectivity index (χ1v) is 8.16. The van der Waals surface area contributed by atoms with Crippen molar-refractivity contribution < 1.29 is 40.0 Å². The van der Waals surface area contributed by atoms with E-state index >= 15 is 0 Å². The molecule has 1 aliphatic rings. The molecule has 0 fully saturated rings. The molecule has 1 unspecified atom stereocenters. The zero-order chi connectivity index (χ0) is 18.5. The van der Waals surface area contributed by atoms with Gasteiger partial charge in [0.1, 0.15) is 11.5 Å². The van der Waals surface area contributed by atoms with Gasteiger partial charge in [-0.05, 0) is 38.5 Å². The first-order chi connectivity index (χ1) is 10.8. The predicted octanol–water partition coefficient (Wildman–Crippen LogP) is 2.78. The van der Waals surface area contributed by atoms with Crippen molar-refractivity contribution >= 4 is 16.1 Å². The van der Waals surface area contributed by atoms with Crippen LogP contribution in [0.3, 0.4) is 0 Å². The fourth-order valence-electron chi connectivity index (χ4n) is 2.30. The second-order valence-corrected chi connectivity index (χ2v) is 7.42. The summed E-state index contributed by atoms with van der Waals surface area (Å²) in [5.41, 5.74) is -5.72. The van der Waals surface area contributed by atoms with E-state index in [4.69, 9.17) is 9.47 Å². The van der Waals surface area contributed by atoms with Crippen LogP contribution in [0.25, 0.3) is 0 Å². The van der Waals surface area contributed by atoms with Crippen molar-refractivity contribution in [2.24, 2.45) is 0 Å². The Morgan fingerprint density at radius 3 is 2.38 bits per heavy atom. The molecule has 0 aliphatic carbocycles. The molecule has 0 radical (unpaired) electrons. The van der Waals surface area contributed by atoms with Crippen LogP contribution in [0.5, 0.6) is 11.5 Å². The molecule has 2 rings (SSSR count). The van der Waals surface area contributed by atoms with Gasteiger partial charge in [-0.2, -0.15) is 21.6 Å². The summed E-state index contributed by atoms with van der Waals surface area (Å²) in [5.74, 6) is -0.776. The minimum Gasteiger partial charge on any atom is -0.453 e. The van der Waals surface area contributed by atoms with Gasteiger partial charge in [0.2, 0.25) is 0 Å². The molecule has 0 aromatic heterocycles. The van der Waals surface area contributed by atoms with Gasteiger partial charge in [-0.1, -0.05) is 0 Å². The number of rotatable bonds is 3. The van der Waals surface area contributed by atoms with Gasteiger partial charge in [0.25, 0.3) is 6.29 Å². The van der Waals surface area contributed by atoms with Gasteiger partial charge in [-0.25, -0.2) is 0 Å². The Bertz CT molecular complexity index is 782. The van der Waals surface area contributed by atoms with Crippen molar-refractivity contribution in [1.82, 2.24) is 0 Å². The molecule has 10 heteroatoms. The van der Waals surface area contributed by atoms with E-state index in [1.165, 1.54) is 13.8 Å². The van der Waals surface area contributed by atoms with Crippen LogP contribution in [0.15, 0.2) is 12.1 Å². The monoisotopic (exact) mass is 368 g/mol. The van der Waals surface area contributed by atoms with Crippen molar-refractivity contribution in [2.75, 3.05) is 0 Å². The second kappa shape index (κ2) is 5.54. The van der Waals surface area contributed by atoms with E-state index in [0.717, 1.165) is 12.1 Å². The summed E-state index contributed by atoms with van der Waals surface area (Å²) in [6.07, 6.45) is -0.988. The molecule has 0 saturated heterocycles. The van der Waals surface area contributed by atoms with Gasteiger partial charge in [0.15, 0.2) is 0 Å². The van der Waals surface area contributed by atoms with E-state index < -0.39 is 39.1 Å². The highest BCUT2D eigenvalue weighted by atomic mass is 32.2. The molecular formula is C14H15F3O6S. The number of hydrogen-bond acceptors (Lipinski definition) is 6. The van der Waals surface area contributed by atoms with Crippen LogP contribution in [0.4, 0.5) is 13.2 Å². The Morgan fingerprint density at radius 1 is 1.29 bits per heavy atom. The van der Waals surface area contributed by atoms with Crippen molar-refractivity contribution in [1.29, 1.82) is 0 Å². The minimum atomic E-state index is -5.78. The summed E-state index contributed by atoms with van der Waals surface area (Å²) in [5, 5.41) is 0. The number of halogens is 3. The van der Waals surface area contributed by atoms with E-state index in [-0.39, 0.29) is 0 Å². The Labute approximate surface area is 136 Å². The number of ether oxygens (including phenoxy) is 2. The summed E-state index contributed by atoms with van der Waals surface area (Å²) in [7, 11) is -5.78. The maximum Gasteiger partial charge on any atom is 0.534 e. The normalized spacial score (nSPS) is 19.4. The number of esters is 1. The number of alkyl halides is 3. The Kier molecular flexibility index (Phi) is 4.24. The molecule has 0 amide bonds. The van der Waals surface area contributed by atoms with E-state index in [1.807, 2.05) is 0 Å². The third-order valence-corrected chi connectivity index (χ3v) is 4.50. The SMILES string of the molecule is CC(=O)OC1Oc2c(C)cc(OS(=O)(=O)C(F)(F)F)cc2C1(C)C. The summed E-state index contributed by atoms with van der Waals surface area (Å²) in [4.78, 5) is 11.2. The van der Waals surface area contributed by atoms with E-state index in [2.05, 4.69) is 4.18 Å². The average molecular weight is 368 g/mol. The fraction of sp³-hybridized carbons (Fsp3) is 0.500. The number of hydrogen-bond donors (Lipinski definition) is 0. The summed E-state index contributed by atoms with van der Waals surface area (Å²) >= 11 is 0. The summed E-state index contributed by atoms with van der Waals surface area (Å²) in [6, 6.07) is 2.24. The topological polar surface area (TPSA) is 78.9 Å². The van der Waals surface area contributed by atoms with Crippen LogP contribution in [0.2, 0.25) is 0 Å². The fourth-order valence-corrected chi connectivity index (χ4v) is 2.75. The molecule has 0 spiro atoms. The van der Waals surface area contributed by atoms with Crippen LogP contribution >= 0.6 is 0 Å². The number of benzene rings is 1. The molecule has 24 heavy (non-hydrogen) atoms. The molecule has 0 bridgehead atoms. The lowest BCUT2D eigenvalue weighted by Crippen LogP contribution is -2.36. The highest BCUT2D eigenvalue weighted by molar-refractivity contribution is 7.88. The third-order valence-electron chi connectivity index (χ3n) is 3.52. The number of fused-ring (bicyclic) bond motifs is 1. The minimum absolute atomic E-state index is 0.308. The molecule has 0 saturated carbocycles. The molecule has 0 N–H and O–H groups in total. The third kappa shape index (κ3) is 3.14. The van der Waals surface area contributed by atoms with Crippen LogP contribution in [-0.2, 0) is 25.1 Å². The molecule has 1 aromatic rings. The Balaban J connectivity index is 2.44. The summed E-state index contributed by atoms with van der Waals surface area (Å²) in [6.45, 7) is 6.00. The lowest BCUT2D eigenvalue weighted by atomic mass is 9.84. The molecular weight excluding hydrogens is 353 g/mol. The largest absolute Gasteiger partial charge is 0.534 e. The number of aryl methyl sites for hydroxylation is 1. The zero-order valence-electron chi connectivity index (χ0n) is 13.2. The van der Waals surface area contributed by atoms with E-state index in [9.17, 15) is 26.4 Å². The van der Waals surface area contributed by atoms with Gasteiger partial charge in [-0.15, -0.1) is 0 Å². The molecule has 134 valence electrons. The Hall–Kier alpha value is -1.97. The molecule has 1 aromatic carbocycles. The highest BCUT2D eigenvalue weighted by Crippen LogP contribution is 2.47. The molecule has 6 nitrogen and oxygen atoms in total. The highest BCUT2D eigenvalue weighted by Gasteiger charge is 2.49. The van der Waals surface area contributed by atoms with Crippen molar-refractivity contribution in [2.45, 2.75) is 44.9 Å². The first kappa shape index (κ1) is 18.4. The van der Waals surface area contributed by atoms with Gasteiger partial charge >= 0.3 is 21.6 Å². The van der Waals surface area contributed by atoms with Crippen LogP contribution in [0, 0.1) is 6.92 Å². The number of carbonyl (C=O) groups excluding carboxylic acids is 1. The smallest absolute Gasteiger partial charge is 0.453 e. The van der Waals surface area contributed by atoms with Crippen LogP contribution in [0.1, 0.15) is 31.9 Å². The standard InChI is InChI=1S/C14H15F3O6S/c1-7-5-9(23-24(19,20)14(15,16)17)6-10-11(7)22-12(13(10,3)4)21-8(2)18/h5-6,12H,1-4H3. The second-order valence-electron chi connectivity index (χ2n) is 5.88. The van der Waals surface area contributed by atoms with Gasteiger partial charge in [-0.3, -0.25) is 4.79 Å². The predicted molar refractivity (Wildman–Crippen MR) is 76.0 cm³/mol. The van der Waals surface area contributed by atoms with E-state index in [1.54, 1.807) is 13.8 Å². The molecule has 1 heterocycles. The Morgan fingerprint density at radius 2 is 1.88 bits per heavy atom. The van der Waals surface area contributed by atoms with E-state index in [0.29, 0.717) is 16.9 Å². The number of carbonyl (C=O) groups is 1. The van der Waals surface area contributed by atoms with Crippen LogP contribution < -0.4 is 8.92 Å². The van der Waals surface area contributed by atoms with Crippen molar-refractivity contribution in [3.05, 3.63) is 23.3 Å². The average Bonchev–Trinajstić information content (AvgIpc) is 2.60. The molecule has 1 aliphatic heterocycles. The summed E-state index contributed by atoms with van der Waals surface area (Å²) < 4.78 is 74.5. The van der Waals surface area contributed by atoms with Gasteiger partial charge in [0, 0.05) is 12.5 Å². The quantitative estimate of drug-likeness (QED) is 0.464. The zero-order valence-corrected chi connectivity index (χ0v) is 14.0. The maximum atomic E-state index is 12.5. The molecule has 1 atom stereocenters. The van der Waals surface area contributed by atoms with Crippen molar-refractivity contribution in [3.8, 4) is 11.5 Å². The van der Waals surface area contributed by atoms with Crippen molar-refractivity contribution in [3.63, 3.8) is 0 Å². The first-order valence-electron chi connectivity index (χ1n) is 6.75. The van der Waals surface area contributed by atoms with Gasteiger partial charge < -0.3 is 13.7 Å².